The summed E-state index contributed by atoms with van der Waals surface area (Å²) in [5.74, 6) is -1.85. The zero-order chi connectivity index (χ0) is 15.5. The Kier molecular flexibility index (Phi) is 5.62. The van der Waals surface area contributed by atoms with Crippen LogP contribution in [0.5, 0.6) is 0 Å². The van der Waals surface area contributed by atoms with Gasteiger partial charge in [0.1, 0.15) is 11.2 Å². The second-order valence-electron chi connectivity index (χ2n) is 4.42. The van der Waals surface area contributed by atoms with Gasteiger partial charge in [-0.05, 0) is 13.3 Å². The minimum atomic E-state index is -1.40. The van der Waals surface area contributed by atoms with E-state index in [9.17, 15) is 14.7 Å². The van der Waals surface area contributed by atoms with Gasteiger partial charge in [-0.25, -0.2) is 9.78 Å². The third-order valence-electron chi connectivity index (χ3n) is 2.74. The summed E-state index contributed by atoms with van der Waals surface area (Å²) in [4.78, 5) is 27.2. The van der Waals surface area contributed by atoms with Crippen molar-refractivity contribution in [1.29, 1.82) is 0 Å². The highest BCUT2D eigenvalue weighted by molar-refractivity contribution is 6.48. The molecule has 1 rings (SSSR count). The molecule has 0 aliphatic rings. The molecule has 0 aliphatic heterocycles. The summed E-state index contributed by atoms with van der Waals surface area (Å²) in [5, 5.41) is 11.6. The smallest absolute Gasteiger partial charge is 0.329 e. The van der Waals surface area contributed by atoms with Crippen LogP contribution in [0.4, 0.5) is 0 Å². The predicted molar refractivity (Wildman–Crippen MR) is 77.7 cm³/mol. The lowest BCUT2D eigenvalue weighted by Crippen LogP contribution is -2.52. The topological polar surface area (TPSA) is 79.3 Å². The number of carboxylic acid groups (broad SMARTS) is 1. The van der Waals surface area contributed by atoms with E-state index in [-0.39, 0.29) is 27.2 Å². The minimum Gasteiger partial charge on any atom is -0.480 e. The van der Waals surface area contributed by atoms with Gasteiger partial charge in [0.2, 0.25) is 0 Å². The van der Waals surface area contributed by atoms with Crippen LogP contribution in [0.2, 0.25) is 15.1 Å². The van der Waals surface area contributed by atoms with Crippen LogP contribution in [0.25, 0.3) is 0 Å². The van der Waals surface area contributed by atoms with Gasteiger partial charge in [0.15, 0.2) is 0 Å². The van der Waals surface area contributed by atoms with Crippen molar-refractivity contribution in [2.24, 2.45) is 0 Å². The molecule has 0 spiro atoms. The zero-order valence-corrected chi connectivity index (χ0v) is 13.1. The van der Waals surface area contributed by atoms with Gasteiger partial charge in [-0.1, -0.05) is 48.1 Å². The highest BCUT2D eigenvalue weighted by Gasteiger charge is 2.35. The Balaban J connectivity index is 3.07. The normalized spacial score (nSPS) is 13.7. The Morgan fingerprint density at radius 1 is 1.35 bits per heavy atom. The highest BCUT2D eigenvalue weighted by atomic mass is 35.5. The summed E-state index contributed by atoms with van der Waals surface area (Å²) in [6.45, 7) is 3.24. The molecule has 1 atom stereocenters. The lowest BCUT2D eigenvalue weighted by Gasteiger charge is -2.25. The van der Waals surface area contributed by atoms with Crippen LogP contribution in [0.3, 0.4) is 0 Å². The number of carbonyl (C=O) groups is 2. The lowest BCUT2D eigenvalue weighted by atomic mass is 9.96. The molecule has 0 radical (unpaired) electrons. The van der Waals surface area contributed by atoms with Gasteiger partial charge < -0.3 is 10.4 Å². The average Bonchev–Trinajstić information content (AvgIpc) is 2.36. The third kappa shape index (κ3) is 3.53. The molecule has 0 saturated carbocycles. The van der Waals surface area contributed by atoms with Crippen LogP contribution in [-0.4, -0.2) is 27.5 Å². The van der Waals surface area contributed by atoms with Crippen LogP contribution < -0.4 is 5.32 Å². The molecule has 110 valence electrons. The predicted octanol–water partition coefficient (Wildman–Crippen LogP) is 3.42. The number of aliphatic carboxylic acids is 1. The fourth-order valence-electron chi connectivity index (χ4n) is 1.63. The molecule has 1 aromatic rings. The maximum Gasteiger partial charge on any atom is 0.329 e. The summed E-state index contributed by atoms with van der Waals surface area (Å²) in [5.41, 5.74) is -1.56. The molecular weight excluding hydrogens is 327 g/mol. The van der Waals surface area contributed by atoms with E-state index in [2.05, 4.69) is 10.3 Å². The molecule has 0 aromatic carbocycles. The molecule has 0 aliphatic carbocycles. The molecule has 1 heterocycles. The third-order valence-corrected chi connectivity index (χ3v) is 3.98. The summed E-state index contributed by atoms with van der Waals surface area (Å²) in [6, 6.07) is 0. The maximum absolute atomic E-state index is 12.1. The largest absolute Gasteiger partial charge is 0.480 e. The molecular formula is C12H13Cl3N2O3. The number of rotatable bonds is 5. The van der Waals surface area contributed by atoms with Gasteiger partial charge in [0.25, 0.3) is 5.91 Å². The van der Waals surface area contributed by atoms with E-state index in [0.717, 1.165) is 0 Å². The molecule has 20 heavy (non-hydrogen) atoms. The molecule has 1 aromatic heterocycles. The molecule has 5 nitrogen and oxygen atoms in total. The summed E-state index contributed by atoms with van der Waals surface area (Å²) >= 11 is 17.4. The summed E-state index contributed by atoms with van der Waals surface area (Å²) in [6.07, 6.45) is 2.04. The number of nitrogens with one attached hydrogen (secondary N) is 1. The van der Waals surface area contributed by atoms with E-state index in [1.807, 2.05) is 6.92 Å². The first-order valence-corrected chi connectivity index (χ1v) is 6.91. The van der Waals surface area contributed by atoms with Crippen molar-refractivity contribution >= 4 is 46.7 Å². The molecule has 1 unspecified atom stereocenters. The fourth-order valence-corrected chi connectivity index (χ4v) is 2.20. The Morgan fingerprint density at radius 2 is 1.95 bits per heavy atom. The first-order valence-electron chi connectivity index (χ1n) is 5.78. The fraction of sp³-hybridized carbons (Fsp3) is 0.417. The van der Waals surface area contributed by atoms with Gasteiger partial charge >= 0.3 is 5.97 Å². The van der Waals surface area contributed by atoms with Gasteiger partial charge in [0.05, 0.1) is 15.1 Å². The zero-order valence-electron chi connectivity index (χ0n) is 10.8. The highest BCUT2D eigenvalue weighted by Crippen LogP contribution is 2.31. The number of amides is 1. The van der Waals surface area contributed by atoms with Crippen molar-refractivity contribution in [2.75, 3.05) is 0 Å². The maximum atomic E-state index is 12.1. The Hall–Kier alpha value is -1.04. The van der Waals surface area contributed by atoms with Crippen LogP contribution in [-0.2, 0) is 4.79 Å². The number of hydrogen-bond donors (Lipinski definition) is 2. The SMILES string of the molecule is CCCC(C)(NC(=O)c1ncc(Cl)c(Cl)c1Cl)C(=O)O. The van der Waals surface area contributed by atoms with Crippen LogP contribution in [0.15, 0.2) is 6.20 Å². The molecule has 0 saturated heterocycles. The molecule has 0 fully saturated rings. The van der Waals surface area contributed by atoms with Crippen LogP contribution in [0.1, 0.15) is 37.2 Å². The monoisotopic (exact) mass is 338 g/mol. The second kappa shape index (κ2) is 6.61. The number of carboxylic acids is 1. The van der Waals surface area contributed by atoms with Crippen molar-refractivity contribution in [3.63, 3.8) is 0 Å². The average molecular weight is 340 g/mol. The van der Waals surface area contributed by atoms with E-state index >= 15 is 0 Å². The quantitative estimate of drug-likeness (QED) is 0.861. The first-order chi connectivity index (χ1) is 9.23. The summed E-state index contributed by atoms with van der Waals surface area (Å²) < 4.78 is 0. The number of nitrogens with zero attached hydrogens (tertiary/aromatic N) is 1. The van der Waals surface area contributed by atoms with E-state index in [4.69, 9.17) is 34.8 Å². The Labute approximate surface area is 131 Å². The van der Waals surface area contributed by atoms with Crippen molar-refractivity contribution in [3.05, 3.63) is 27.0 Å². The van der Waals surface area contributed by atoms with Gasteiger partial charge in [-0.3, -0.25) is 4.79 Å². The molecule has 0 bridgehead atoms. The first kappa shape index (κ1) is 17.0. The Bertz CT molecular complexity index is 551. The van der Waals surface area contributed by atoms with E-state index in [1.54, 1.807) is 0 Å². The second-order valence-corrected chi connectivity index (χ2v) is 5.59. The van der Waals surface area contributed by atoms with Crippen LogP contribution >= 0.6 is 34.8 Å². The minimum absolute atomic E-state index is 0.000929. The van der Waals surface area contributed by atoms with Crippen molar-refractivity contribution < 1.29 is 14.7 Å². The Morgan fingerprint density at radius 3 is 2.45 bits per heavy atom. The number of halogens is 3. The van der Waals surface area contributed by atoms with E-state index in [0.29, 0.717) is 6.42 Å². The van der Waals surface area contributed by atoms with Crippen molar-refractivity contribution in [2.45, 2.75) is 32.2 Å². The van der Waals surface area contributed by atoms with Crippen LogP contribution in [0, 0.1) is 0 Å². The lowest BCUT2D eigenvalue weighted by molar-refractivity contribution is -0.144. The number of pyridine rings is 1. The number of carbonyl (C=O) groups excluding carboxylic acids is 1. The van der Waals surface area contributed by atoms with Gasteiger partial charge in [-0.15, -0.1) is 0 Å². The van der Waals surface area contributed by atoms with Gasteiger partial charge in [-0.2, -0.15) is 0 Å². The molecule has 2 N–H and O–H groups in total. The molecule has 1 amide bonds. The van der Waals surface area contributed by atoms with E-state index in [1.165, 1.54) is 13.1 Å². The van der Waals surface area contributed by atoms with E-state index < -0.39 is 17.4 Å². The number of hydrogen-bond acceptors (Lipinski definition) is 3. The number of aromatic nitrogens is 1. The molecule has 8 heteroatoms. The standard InChI is InChI=1S/C12H13Cl3N2O3/c1-3-4-12(2,11(19)20)17-10(18)9-8(15)7(14)6(13)5-16-9/h5H,3-4H2,1-2H3,(H,17,18)(H,19,20). The summed E-state index contributed by atoms with van der Waals surface area (Å²) in [7, 11) is 0. The van der Waals surface area contributed by atoms with Crippen molar-refractivity contribution in [1.82, 2.24) is 10.3 Å². The van der Waals surface area contributed by atoms with Gasteiger partial charge in [0, 0.05) is 6.20 Å². The van der Waals surface area contributed by atoms with Crippen molar-refractivity contribution in [3.8, 4) is 0 Å².